The maximum atomic E-state index is 12.2. The van der Waals surface area contributed by atoms with Gasteiger partial charge in [0.2, 0.25) is 0 Å². The molecule has 0 unspecified atom stereocenters. The van der Waals surface area contributed by atoms with Gasteiger partial charge in [-0.2, -0.15) is 0 Å². The van der Waals surface area contributed by atoms with Crippen molar-refractivity contribution in [1.29, 1.82) is 0 Å². The summed E-state index contributed by atoms with van der Waals surface area (Å²) in [7, 11) is 1.65. The molecule has 0 saturated heterocycles. The van der Waals surface area contributed by atoms with Gasteiger partial charge in [-0.05, 0) is 35.7 Å². The SMILES string of the molecule is CCc1ccccc1NC(=O)NCC(C)(C)c1ccc(OC)cc1. The van der Waals surface area contributed by atoms with Crippen molar-refractivity contribution in [3.05, 3.63) is 59.7 Å². The first-order valence-electron chi connectivity index (χ1n) is 8.23. The van der Waals surface area contributed by atoms with Crippen LogP contribution in [0.3, 0.4) is 0 Å². The average molecular weight is 326 g/mol. The van der Waals surface area contributed by atoms with E-state index in [1.165, 1.54) is 0 Å². The second kappa shape index (κ2) is 7.86. The van der Waals surface area contributed by atoms with Crippen LogP contribution in [0.25, 0.3) is 0 Å². The second-order valence-corrected chi connectivity index (χ2v) is 6.43. The lowest BCUT2D eigenvalue weighted by atomic mass is 9.84. The zero-order valence-corrected chi connectivity index (χ0v) is 14.8. The molecule has 24 heavy (non-hydrogen) atoms. The topological polar surface area (TPSA) is 50.4 Å². The van der Waals surface area contributed by atoms with Crippen molar-refractivity contribution in [3.63, 3.8) is 0 Å². The van der Waals surface area contributed by atoms with Crippen molar-refractivity contribution in [3.8, 4) is 5.75 Å². The number of aryl methyl sites for hydroxylation is 1. The summed E-state index contributed by atoms with van der Waals surface area (Å²) < 4.78 is 5.19. The fraction of sp³-hybridized carbons (Fsp3) is 0.350. The lowest BCUT2D eigenvalue weighted by Crippen LogP contribution is -2.39. The Labute approximate surface area is 144 Å². The Morgan fingerprint density at radius 1 is 1.08 bits per heavy atom. The smallest absolute Gasteiger partial charge is 0.319 e. The van der Waals surface area contributed by atoms with E-state index in [0.29, 0.717) is 6.54 Å². The van der Waals surface area contributed by atoms with Gasteiger partial charge in [0.15, 0.2) is 0 Å². The van der Waals surface area contributed by atoms with Crippen LogP contribution in [0.4, 0.5) is 10.5 Å². The van der Waals surface area contributed by atoms with E-state index in [2.05, 4.69) is 31.4 Å². The molecule has 0 bridgehead atoms. The van der Waals surface area contributed by atoms with E-state index in [1.807, 2.05) is 48.5 Å². The van der Waals surface area contributed by atoms with E-state index in [4.69, 9.17) is 4.74 Å². The van der Waals surface area contributed by atoms with Crippen LogP contribution in [0.2, 0.25) is 0 Å². The molecule has 128 valence electrons. The van der Waals surface area contributed by atoms with Gasteiger partial charge in [-0.3, -0.25) is 0 Å². The fourth-order valence-corrected chi connectivity index (χ4v) is 2.56. The molecule has 2 aromatic rings. The van der Waals surface area contributed by atoms with Crippen LogP contribution >= 0.6 is 0 Å². The van der Waals surface area contributed by atoms with Crippen LogP contribution in [0.15, 0.2) is 48.5 Å². The van der Waals surface area contributed by atoms with Crippen molar-refractivity contribution < 1.29 is 9.53 Å². The van der Waals surface area contributed by atoms with E-state index in [-0.39, 0.29) is 11.4 Å². The standard InChI is InChI=1S/C20H26N2O2/c1-5-15-8-6-7-9-18(15)22-19(23)21-14-20(2,3)16-10-12-17(24-4)13-11-16/h6-13H,5,14H2,1-4H3,(H2,21,22,23). The highest BCUT2D eigenvalue weighted by molar-refractivity contribution is 5.90. The van der Waals surface area contributed by atoms with Gasteiger partial charge in [0.25, 0.3) is 0 Å². The first-order valence-corrected chi connectivity index (χ1v) is 8.23. The van der Waals surface area contributed by atoms with Crippen molar-refractivity contribution >= 4 is 11.7 Å². The minimum atomic E-state index is -0.183. The van der Waals surface area contributed by atoms with Crippen molar-refractivity contribution in [2.45, 2.75) is 32.6 Å². The van der Waals surface area contributed by atoms with Crippen LogP contribution in [0, 0.1) is 0 Å². The molecule has 0 fully saturated rings. The van der Waals surface area contributed by atoms with Gasteiger partial charge in [0.05, 0.1) is 7.11 Å². The zero-order valence-electron chi connectivity index (χ0n) is 14.8. The van der Waals surface area contributed by atoms with E-state index in [1.54, 1.807) is 7.11 Å². The normalized spacial score (nSPS) is 11.0. The first kappa shape index (κ1) is 17.9. The molecule has 4 nitrogen and oxygen atoms in total. The van der Waals surface area contributed by atoms with E-state index in [9.17, 15) is 4.79 Å². The van der Waals surface area contributed by atoms with Crippen molar-refractivity contribution in [2.75, 3.05) is 19.0 Å². The highest BCUT2D eigenvalue weighted by Gasteiger charge is 2.21. The van der Waals surface area contributed by atoms with Gasteiger partial charge in [-0.25, -0.2) is 4.79 Å². The Kier molecular flexibility index (Phi) is 5.85. The summed E-state index contributed by atoms with van der Waals surface area (Å²) in [6.45, 7) is 6.83. The third-order valence-corrected chi connectivity index (χ3v) is 4.21. The minimum Gasteiger partial charge on any atom is -0.497 e. The molecule has 0 radical (unpaired) electrons. The summed E-state index contributed by atoms with van der Waals surface area (Å²) in [5.41, 5.74) is 2.97. The van der Waals surface area contributed by atoms with Gasteiger partial charge >= 0.3 is 6.03 Å². The molecule has 2 N–H and O–H groups in total. The molecule has 0 aromatic heterocycles. The number of anilines is 1. The zero-order chi connectivity index (χ0) is 17.6. The Balaban J connectivity index is 1.96. The Morgan fingerprint density at radius 2 is 1.75 bits per heavy atom. The second-order valence-electron chi connectivity index (χ2n) is 6.43. The highest BCUT2D eigenvalue weighted by atomic mass is 16.5. The summed E-state index contributed by atoms with van der Waals surface area (Å²) in [6.07, 6.45) is 0.883. The number of hydrogen-bond acceptors (Lipinski definition) is 2. The Morgan fingerprint density at radius 3 is 2.38 bits per heavy atom. The van der Waals surface area contributed by atoms with Gasteiger partial charge < -0.3 is 15.4 Å². The van der Waals surface area contributed by atoms with Crippen LogP contribution < -0.4 is 15.4 Å². The molecule has 2 rings (SSSR count). The third-order valence-electron chi connectivity index (χ3n) is 4.21. The molecular weight excluding hydrogens is 300 g/mol. The van der Waals surface area contributed by atoms with Gasteiger partial charge in [0, 0.05) is 17.6 Å². The predicted octanol–water partition coefficient (Wildman–Crippen LogP) is 4.36. The Hall–Kier alpha value is -2.49. The molecule has 2 aromatic carbocycles. The molecule has 0 spiro atoms. The Bertz CT molecular complexity index is 678. The van der Waals surface area contributed by atoms with Crippen LogP contribution in [0.5, 0.6) is 5.75 Å². The summed E-state index contributed by atoms with van der Waals surface area (Å²) in [6, 6.07) is 15.6. The molecule has 4 heteroatoms. The predicted molar refractivity (Wildman–Crippen MR) is 98.9 cm³/mol. The number of carbonyl (C=O) groups is 1. The number of rotatable bonds is 6. The minimum absolute atomic E-state index is 0.173. The van der Waals surface area contributed by atoms with Gasteiger partial charge in [-0.1, -0.05) is 51.1 Å². The molecular formula is C20H26N2O2. The fourth-order valence-electron chi connectivity index (χ4n) is 2.56. The number of benzene rings is 2. The van der Waals surface area contributed by atoms with Gasteiger partial charge in [0.1, 0.15) is 5.75 Å². The van der Waals surface area contributed by atoms with Gasteiger partial charge in [-0.15, -0.1) is 0 Å². The molecule has 0 aliphatic heterocycles. The number of methoxy groups -OCH3 is 1. The molecule has 0 atom stereocenters. The maximum Gasteiger partial charge on any atom is 0.319 e. The molecule has 0 heterocycles. The molecule has 0 aliphatic rings. The number of urea groups is 1. The maximum absolute atomic E-state index is 12.2. The quantitative estimate of drug-likeness (QED) is 0.829. The number of amides is 2. The number of nitrogens with one attached hydrogen (secondary N) is 2. The average Bonchev–Trinajstić information content (AvgIpc) is 2.60. The largest absolute Gasteiger partial charge is 0.497 e. The van der Waals surface area contributed by atoms with Crippen molar-refractivity contribution in [1.82, 2.24) is 5.32 Å². The molecule has 0 saturated carbocycles. The van der Waals surface area contributed by atoms with E-state index in [0.717, 1.165) is 29.0 Å². The van der Waals surface area contributed by atoms with Crippen LogP contribution in [-0.2, 0) is 11.8 Å². The summed E-state index contributed by atoms with van der Waals surface area (Å²) in [5.74, 6) is 0.830. The number of hydrogen-bond donors (Lipinski definition) is 2. The first-order chi connectivity index (χ1) is 11.5. The number of carbonyl (C=O) groups excluding carboxylic acids is 1. The number of para-hydroxylation sites is 1. The molecule has 2 amide bonds. The lowest BCUT2D eigenvalue weighted by molar-refractivity contribution is 0.249. The molecule has 0 aliphatic carbocycles. The third kappa shape index (κ3) is 4.51. The summed E-state index contributed by atoms with van der Waals surface area (Å²) in [4.78, 5) is 12.2. The summed E-state index contributed by atoms with van der Waals surface area (Å²) >= 11 is 0. The van der Waals surface area contributed by atoms with Crippen molar-refractivity contribution in [2.24, 2.45) is 0 Å². The monoisotopic (exact) mass is 326 g/mol. The lowest BCUT2D eigenvalue weighted by Gasteiger charge is -2.26. The van der Waals surface area contributed by atoms with E-state index >= 15 is 0 Å². The van der Waals surface area contributed by atoms with Crippen LogP contribution in [-0.4, -0.2) is 19.7 Å². The highest BCUT2D eigenvalue weighted by Crippen LogP contribution is 2.24. The number of ether oxygens (including phenoxy) is 1. The summed E-state index contributed by atoms with van der Waals surface area (Å²) in [5, 5.41) is 5.90. The van der Waals surface area contributed by atoms with E-state index < -0.39 is 0 Å². The van der Waals surface area contributed by atoms with Crippen LogP contribution in [0.1, 0.15) is 31.9 Å².